The van der Waals surface area contributed by atoms with Gasteiger partial charge in [0.25, 0.3) is 0 Å². The SMILES string of the molecule is C[Si](C)(C)C#Cc1ccc(C#[C][Ge]([CH3])([CH3])[CH3])nc1. The van der Waals surface area contributed by atoms with Crippen LogP contribution in [0.4, 0.5) is 0 Å². The molecule has 0 amide bonds. The van der Waals surface area contributed by atoms with Gasteiger partial charge in [-0.3, -0.25) is 0 Å². The normalized spacial score (nSPS) is 11.0. The van der Waals surface area contributed by atoms with Crippen molar-refractivity contribution >= 4 is 21.3 Å². The zero-order valence-electron chi connectivity index (χ0n) is 12.2. The van der Waals surface area contributed by atoms with E-state index < -0.39 is 21.3 Å². The Hall–Kier alpha value is -0.970. The number of nitrogens with zero attached hydrogens (tertiary/aromatic N) is 1. The molecule has 1 aromatic rings. The monoisotopic (exact) mass is 317 g/mol. The van der Waals surface area contributed by atoms with Gasteiger partial charge in [0.1, 0.15) is 0 Å². The van der Waals surface area contributed by atoms with Crippen LogP contribution in [0.2, 0.25) is 36.9 Å². The van der Waals surface area contributed by atoms with E-state index in [1.165, 1.54) is 0 Å². The van der Waals surface area contributed by atoms with Crippen molar-refractivity contribution in [3.05, 3.63) is 29.6 Å². The van der Waals surface area contributed by atoms with E-state index in [1.807, 2.05) is 18.3 Å². The second-order valence-corrected chi connectivity index (χ2v) is 21.1. The van der Waals surface area contributed by atoms with Crippen LogP contribution in [0.5, 0.6) is 0 Å². The molecule has 18 heavy (non-hydrogen) atoms. The van der Waals surface area contributed by atoms with Crippen molar-refractivity contribution in [3.63, 3.8) is 0 Å². The molecule has 1 heterocycles. The third kappa shape index (κ3) is 6.69. The van der Waals surface area contributed by atoms with E-state index in [1.54, 1.807) is 0 Å². The first-order valence-corrected chi connectivity index (χ1v) is 17.0. The van der Waals surface area contributed by atoms with E-state index in [2.05, 4.69) is 64.0 Å². The van der Waals surface area contributed by atoms with Crippen LogP contribution in [0.3, 0.4) is 0 Å². The van der Waals surface area contributed by atoms with Crippen LogP contribution >= 0.6 is 0 Å². The van der Waals surface area contributed by atoms with E-state index in [0.29, 0.717) is 0 Å². The number of hydrogen-bond acceptors (Lipinski definition) is 1. The van der Waals surface area contributed by atoms with Crippen molar-refractivity contribution in [2.24, 2.45) is 0 Å². The molecule has 3 heteroatoms. The minimum atomic E-state index is -1.78. The number of pyridine rings is 1. The molecule has 0 spiro atoms. The maximum atomic E-state index is 4.35. The molecule has 0 fully saturated rings. The van der Waals surface area contributed by atoms with E-state index >= 15 is 0 Å². The Morgan fingerprint density at radius 1 is 1.06 bits per heavy atom. The summed E-state index contributed by atoms with van der Waals surface area (Å²) in [6.07, 6.45) is 1.83. The average molecular weight is 316 g/mol. The van der Waals surface area contributed by atoms with Gasteiger partial charge in [-0.05, 0) is 0 Å². The Balaban J connectivity index is 2.86. The van der Waals surface area contributed by atoms with Crippen LogP contribution in [0, 0.1) is 22.1 Å². The zero-order valence-corrected chi connectivity index (χ0v) is 15.3. The Morgan fingerprint density at radius 2 is 1.72 bits per heavy atom. The first-order valence-electron chi connectivity index (χ1n) is 6.18. The third-order valence-electron chi connectivity index (χ3n) is 1.91. The molecular formula is C15H21GeNSi. The van der Waals surface area contributed by atoms with E-state index in [-0.39, 0.29) is 0 Å². The fourth-order valence-corrected chi connectivity index (χ4v) is 2.63. The van der Waals surface area contributed by atoms with Gasteiger partial charge in [-0.25, -0.2) is 0 Å². The predicted octanol–water partition coefficient (Wildman–Crippen LogP) is 3.54. The molecule has 1 nitrogen and oxygen atoms in total. The van der Waals surface area contributed by atoms with Crippen molar-refractivity contribution in [1.82, 2.24) is 4.98 Å². The molecule has 0 aliphatic rings. The second-order valence-electron chi connectivity index (χ2n) is 6.43. The van der Waals surface area contributed by atoms with Gasteiger partial charge in [0.05, 0.1) is 0 Å². The molecule has 0 atom stereocenters. The van der Waals surface area contributed by atoms with Crippen molar-refractivity contribution in [2.75, 3.05) is 0 Å². The fraction of sp³-hybridized carbons (Fsp3) is 0.400. The number of aromatic nitrogens is 1. The Labute approximate surface area is 115 Å². The summed E-state index contributed by atoms with van der Waals surface area (Å²) in [4.78, 5) is 4.35. The summed E-state index contributed by atoms with van der Waals surface area (Å²) < 4.78 is 3.36. The van der Waals surface area contributed by atoms with Gasteiger partial charge < -0.3 is 0 Å². The summed E-state index contributed by atoms with van der Waals surface area (Å²) in [5.41, 5.74) is 5.18. The molecule has 0 bridgehead atoms. The Bertz CT molecular complexity index is 474. The van der Waals surface area contributed by atoms with Crippen LogP contribution < -0.4 is 0 Å². The van der Waals surface area contributed by atoms with Crippen LogP contribution in [0.1, 0.15) is 11.3 Å². The van der Waals surface area contributed by atoms with Gasteiger partial charge in [-0.2, -0.15) is 0 Å². The molecule has 0 unspecified atom stereocenters. The maximum absolute atomic E-state index is 4.35. The Kier molecular flexibility index (Phi) is 4.84. The topological polar surface area (TPSA) is 12.9 Å². The molecule has 0 aromatic carbocycles. The van der Waals surface area contributed by atoms with E-state index in [0.717, 1.165) is 11.3 Å². The van der Waals surface area contributed by atoms with Gasteiger partial charge in [0, 0.05) is 0 Å². The van der Waals surface area contributed by atoms with Gasteiger partial charge in [-0.15, -0.1) is 0 Å². The fourth-order valence-electron chi connectivity index (χ4n) is 1.05. The van der Waals surface area contributed by atoms with Gasteiger partial charge >= 0.3 is 115 Å². The van der Waals surface area contributed by atoms with Gasteiger partial charge in [-0.1, -0.05) is 0 Å². The van der Waals surface area contributed by atoms with Crippen molar-refractivity contribution in [2.45, 2.75) is 36.9 Å². The summed E-state index contributed by atoms with van der Waals surface area (Å²) in [6, 6.07) is 3.98. The minimum absolute atomic E-state index is 0.856. The van der Waals surface area contributed by atoms with E-state index in [4.69, 9.17) is 0 Å². The summed E-state index contributed by atoms with van der Waals surface area (Å²) in [7, 11) is -1.30. The zero-order chi connectivity index (χ0) is 13.8. The van der Waals surface area contributed by atoms with E-state index in [9.17, 15) is 0 Å². The van der Waals surface area contributed by atoms with Crippen LogP contribution in [0.15, 0.2) is 18.3 Å². The molecule has 0 aliphatic carbocycles. The van der Waals surface area contributed by atoms with Crippen LogP contribution in [0.25, 0.3) is 0 Å². The van der Waals surface area contributed by atoms with Crippen molar-refractivity contribution in [3.8, 4) is 22.1 Å². The first kappa shape index (κ1) is 15.1. The quantitative estimate of drug-likeness (QED) is 0.527. The molecule has 0 N–H and O–H groups in total. The molecule has 0 radical (unpaired) electrons. The molecule has 94 valence electrons. The molecule has 0 saturated heterocycles. The van der Waals surface area contributed by atoms with Crippen molar-refractivity contribution in [1.29, 1.82) is 0 Å². The molecule has 1 rings (SSSR count). The number of rotatable bonds is 0. The van der Waals surface area contributed by atoms with Crippen LogP contribution in [-0.4, -0.2) is 26.3 Å². The standard InChI is InChI=1S/C15H21GeNSi/c1-16(2,3)11-9-15-8-7-14(13-17-15)10-12-18(4,5)6/h7-8,13H,1-6H3. The first-order chi connectivity index (χ1) is 8.16. The predicted molar refractivity (Wildman–Crippen MR) is 84.7 cm³/mol. The molecule has 0 aliphatic heterocycles. The van der Waals surface area contributed by atoms with Crippen LogP contribution in [-0.2, 0) is 0 Å². The average Bonchev–Trinajstić information content (AvgIpc) is 2.23. The second kappa shape index (κ2) is 5.78. The molecule has 1 aromatic heterocycles. The summed E-state index contributed by atoms with van der Waals surface area (Å²) in [5.74, 6) is 13.2. The number of hydrogen-bond donors (Lipinski definition) is 0. The summed E-state index contributed by atoms with van der Waals surface area (Å²) in [6.45, 7) is 6.72. The van der Waals surface area contributed by atoms with Gasteiger partial charge in [0.2, 0.25) is 0 Å². The molecular weight excluding hydrogens is 295 g/mol. The van der Waals surface area contributed by atoms with Gasteiger partial charge in [0.15, 0.2) is 0 Å². The molecule has 0 saturated carbocycles. The summed E-state index contributed by atoms with van der Waals surface area (Å²) in [5, 5.41) is 0. The summed E-state index contributed by atoms with van der Waals surface area (Å²) >= 11 is -1.78. The van der Waals surface area contributed by atoms with Crippen molar-refractivity contribution < 1.29 is 0 Å². The Morgan fingerprint density at radius 3 is 2.17 bits per heavy atom. The third-order valence-corrected chi connectivity index (χ3v) is 4.62.